The van der Waals surface area contributed by atoms with E-state index in [1.807, 2.05) is 38.1 Å². The Hall–Kier alpha value is -2.89. The monoisotopic (exact) mass is 314 g/mol. The third-order valence-corrected chi connectivity index (χ3v) is 3.24. The Kier molecular flexibility index (Phi) is 5.30. The van der Waals surface area contributed by atoms with Crippen molar-refractivity contribution in [3.05, 3.63) is 64.2 Å². The van der Waals surface area contributed by atoms with Crippen molar-refractivity contribution in [3.8, 4) is 5.75 Å². The van der Waals surface area contributed by atoms with Crippen molar-refractivity contribution >= 4 is 17.3 Å². The Morgan fingerprint density at radius 1 is 1.22 bits per heavy atom. The second kappa shape index (κ2) is 7.40. The van der Waals surface area contributed by atoms with Gasteiger partial charge in [-0.25, -0.2) is 0 Å². The first-order valence-corrected chi connectivity index (χ1v) is 7.23. The minimum absolute atomic E-state index is 0.0751. The van der Waals surface area contributed by atoms with Crippen LogP contribution in [0.15, 0.2) is 48.5 Å². The number of non-ortho nitro benzene ring substituents is 1. The molecule has 0 aliphatic heterocycles. The number of para-hydroxylation sites is 1. The fraction of sp³-hybridized carbons (Fsp3) is 0.235. The summed E-state index contributed by atoms with van der Waals surface area (Å²) in [7, 11) is 0. The Balaban J connectivity index is 1.98. The standard InChI is InChI=1S/C17H18N2O4/c1-12(2)15-8-3-4-9-16(15)23-11-17(20)18-13-6-5-7-14(10-13)19(21)22/h3-10,12H,11H2,1-2H3,(H,18,20). The number of benzene rings is 2. The molecule has 0 saturated heterocycles. The number of nitro benzene ring substituents is 1. The van der Waals surface area contributed by atoms with Gasteiger partial charge in [-0.3, -0.25) is 14.9 Å². The first kappa shape index (κ1) is 16.5. The molecule has 0 bridgehead atoms. The fourth-order valence-corrected chi connectivity index (χ4v) is 2.13. The van der Waals surface area contributed by atoms with E-state index < -0.39 is 4.92 Å². The van der Waals surface area contributed by atoms with Crippen LogP contribution in [0.1, 0.15) is 25.3 Å². The van der Waals surface area contributed by atoms with Gasteiger partial charge >= 0.3 is 0 Å². The molecule has 1 amide bonds. The number of carbonyl (C=O) groups is 1. The van der Waals surface area contributed by atoms with Gasteiger partial charge in [0.2, 0.25) is 0 Å². The van der Waals surface area contributed by atoms with Crippen molar-refractivity contribution in [3.63, 3.8) is 0 Å². The summed E-state index contributed by atoms with van der Waals surface area (Å²) in [6.07, 6.45) is 0. The molecule has 0 unspecified atom stereocenters. The van der Waals surface area contributed by atoms with Gasteiger partial charge in [0.15, 0.2) is 6.61 Å². The van der Waals surface area contributed by atoms with Gasteiger partial charge < -0.3 is 10.1 Å². The fourth-order valence-electron chi connectivity index (χ4n) is 2.13. The molecule has 120 valence electrons. The van der Waals surface area contributed by atoms with Crippen molar-refractivity contribution in [2.45, 2.75) is 19.8 Å². The van der Waals surface area contributed by atoms with Crippen LogP contribution in [0, 0.1) is 10.1 Å². The molecule has 0 aliphatic carbocycles. The number of ether oxygens (including phenoxy) is 1. The highest BCUT2D eigenvalue weighted by atomic mass is 16.6. The largest absolute Gasteiger partial charge is 0.483 e. The number of carbonyl (C=O) groups excluding carboxylic acids is 1. The zero-order chi connectivity index (χ0) is 16.8. The zero-order valence-electron chi connectivity index (χ0n) is 13.0. The molecule has 0 radical (unpaired) electrons. The summed E-state index contributed by atoms with van der Waals surface area (Å²) in [5, 5.41) is 13.3. The molecule has 0 aromatic heterocycles. The Bertz CT molecular complexity index is 713. The second-order valence-electron chi connectivity index (χ2n) is 5.34. The highest BCUT2D eigenvalue weighted by molar-refractivity contribution is 5.92. The van der Waals surface area contributed by atoms with Gasteiger partial charge in [-0.15, -0.1) is 0 Å². The maximum Gasteiger partial charge on any atom is 0.271 e. The summed E-state index contributed by atoms with van der Waals surface area (Å²) in [6, 6.07) is 13.3. The maximum atomic E-state index is 11.9. The van der Waals surface area contributed by atoms with E-state index in [0.717, 1.165) is 5.56 Å². The van der Waals surface area contributed by atoms with E-state index in [4.69, 9.17) is 4.74 Å². The van der Waals surface area contributed by atoms with E-state index in [9.17, 15) is 14.9 Å². The molecule has 1 N–H and O–H groups in total. The molecule has 2 aromatic carbocycles. The number of nitrogens with one attached hydrogen (secondary N) is 1. The molecular weight excluding hydrogens is 296 g/mol. The van der Waals surface area contributed by atoms with Crippen LogP contribution >= 0.6 is 0 Å². The first-order valence-electron chi connectivity index (χ1n) is 7.23. The van der Waals surface area contributed by atoms with E-state index in [-0.39, 0.29) is 24.1 Å². The van der Waals surface area contributed by atoms with Crippen LogP contribution in [0.4, 0.5) is 11.4 Å². The lowest BCUT2D eigenvalue weighted by molar-refractivity contribution is -0.384. The van der Waals surface area contributed by atoms with Crippen molar-refractivity contribution in [2.75, 3.05) is 11.9 Å². The molecule has 0 atom stereocenters. The van der Waals surface area contributed by atoms with Crippen molar-refractivity contribution < 1.29 is 14.5 Å². The predicted molar refractivity (Wildman–Crippen MR) is 87.8 cm³/mol. The molecule has 2 rings (SSSR count). The van der Waals surface area contributed by atoms with Gasteiger partial charge in [-0.1, -0.05) is 38.1 Å². The molecule has 0 fully saturated rings. The minimum atomic E-state index is -0.509. The quantitative estimate of drug-likeness (QED) is 0.650. The topological polar surface area (TPSA) is 81.5 Å². The number of nitrogens with zero attached hydrogens (tertiary/aromatic N) is 1. The summed E-state index contributed by atoms with van der Waals surface area (Å²) in [4.78, 5) is 22.2. The third kappa shape index (κ3) is 4.54. The van der Waals surface area contributed by atoms with E-state index in [1.165, 1.54) is 18.2 Å². The molecule has 6 nitrogen and oxygen atoms in total. The Labute approximate surface area is 134 Å². The molecule has 6 heteroatoms. The van der Waals surface area contributed by atoms with Crippen LogP contribution in [0.3, 0.4) is 0 Å². The molecular formula is C17H18N2O4. The number of hydrogen-bond donors (Lipinski definition) is 1. The lowest BCUT2D eigenvalue weighted by Gasteiger charge is -2.13. The molecule has 0 saturated carbocycles. The summed E-state index contributed by atoms with van der Waals surface area (Å²) >= 11 is 0. The second-order valence-corrected chi connectivity index (χ2v) is 5.34. The molecule has 2 aromatic rings. The number of rotatable bonds is 6. The summed E-state index contributed by atoms with van der Waals surface area (Å²) in [6.45, 7) is 3.93. The lowest BCUT2D eigenvalue weighted by Crippen LogP contribution is -2.20. The van der Waals surface area contributed by atoms with Crippen molar-refractivity contribution in [1.29, 1.82) is 0 Å². The van der Waals surface area contributed by atoms with Crippen LogP contribution in [-0.2, 0) is 4.79 Å². The third-order valence-electron chi connectivity index (χ3n) is 3.24. The predicted octanol–water partition coefficient (Wildman–Crippen LogP) is 3.74. The van der Waals surface area contributed by atoms with Gasteiger partial charge in [0.1, 0.15) is 5.75 Å². The summed E-state index contributed by atoms with van der Waals surface area (Å²) < 4.78 is 5.56. The molecule has 0 spiro atoms. The van der Waals surface area contributed by atoms with Gasteiger partial charge in [-0.05, 0) is 23.6 Å². The highest BCUT2D eigenvalue weighted by Gasteiger charge is 2.11. The summed E-state index contributed by atoms with van der Waals surface area (Å²) in [5.41, 5.74) is 1.31. The Morgan fingerprint density at radius 3 is 2.65 bits per heavy atom. The molecule has 0 heterocycles. The first-order chi connectivity index (χ1) is 11.0. The van der Waals surface area contributed by atoms with Gasteiger partial charge in [0, 0.05) is 17.8 Å². The number of anilines is 1. The smallest absolute Gasteiger partial charge is 0.271 e. The van der Waals surface area contributed by atoms with E-state index in [0.29, 0.717) is 11.4 Å². The van der Waals surface area contributed by atoms with Crippen LogP contribution in [0.25, 0.3) is 0 Å². The van der Waals surface area contributed by atoms with Crippen LogP contribution in [-0.4, -0.2) is 17.4 Å². The van der Waals surface area contributed by atoms with E-state index in [2.05, 4.69) is 5.32 Å². The normalized spacial score (nSPS) is 10.4. The van der Waals surface area contributed by atoms with Crippen LogP contribution in [0.5, 0.6) is 5.75 Å². The number of hydrogen-bond acceptors (Lipinski definition) is 4. The van der Waals surface area contributed by atoms with Gasteiger partial charge in [0.25, 0.3) is 11.6 Å². The average molecular weight is 314 g/mol. The van der Waals surface area contributed by atoms with Gasteiger partial charge in [-0.2, -0.15) is 0 Å². The van der Waals surface area contributed by atoms with Gasteiger partial charge in [0.05, 0.1) is 4.92 Å². The van der Waals surface area contributed by atoms with E-state index >= 15 is 0 Å². The molecule has 23 heavy (non-hydrogen) atoms. The number of nitro groups is 1. The maximum absolute atomic E-state index is 11.9. The number of amides is 1. The van der Waals surface area contributed by atoms with Crippen LogP contribution < -0.4 is 10.1 Å². The lowest BCUT2D eigenvalue weighted by atomic mass is 10.0. The average Bonchev–Trinajstić information content (AvgIpc) is 2.53. The molecule has 0 aliphatic rings. The highest BCUT2D eigenvalue weighted by Crippen LogP contribution is 2.25. The Morgan fingerprint density at radius 2 is 1.96 bits per heavy atom. The SMILES string of the molecule is CC(C)c1ccccc1OCC(=O)Nc1cccc([N+](=O)[O-])c1. The van der Waals surface area contributed by atoms with Crippen molar-refractivity contribution in [1.82, 2.24) is 0 Å². The minimum Gasteiger partial charge on any atom is -0.483 e. The van der Waals surface area contributed by atoms with Crippen LogP contribution in [0.2, 0.25) is 0 Å². The van der Waals surface area contributed by atoms with Crippen molar-refractivity contribution in [2.24, 2.45) is 0 Å². The summed E-state index contributed by atoms with van der Waals surface area (Å²) in [5.74, 6) is 0.576. The zero-order valence-corrected chi connectivity index (χ0v) is 13.0. The van der Waals surface area contributed by atoms with E-state index in [1.54, 1.807) is 6.07 Å².